The normalized spacial score (nSPS) is 11.1. The minimum absolute atomic E-state index is 0.0893. The molecule has 2 aromatic heterocycles. The molecule has 2 aromatic carbocycles. The summed E-state index contributed by atoms with van der Waals surface area (Å²) in [4.78, 5) is 14.6. The maximum absolute atomic E-state index is 12.9. The number of halogens is 1. The SMILES string of the molecule is CCCN(Cc1nnc(-c2ccccc2Cl)o1)C(=O)Cn1nnc2ccccc21. The molecule has 8 nitrogen and oxygen atoms in total. The molecule has 0 fully saturated rings. The summed E-state index contributed by atoms with van der Waals surface area (Å²) in [6.45, 7) is 2.88. The van der Waals surface area contributed by atoms with Gasteiger partial charge in [0.2, 0.25) is 17.7 Å². The van der Waals surface area contributed by atoms with E-state index in [1.54, 1.807) is 15.6 Å². The Labute approximate surface area is 172 Å². The number of hydrogen-bond donors (Lipinski definition) is 0. The van der Waals surface area contributed by atoms with Gasteiger partial charge in [-0.05, 0) is 30.7 Å². The second kappa shape index (κ2) is 8.40. The van der Waals surface area contributed by atoms with E-state index in [4.69, 9.17) is 16.0 Å². The minimum Gasteiger partial charge on any atom is -0.419 e. The van der Waals surface area contributed by atoms with E-state index in [0.717, 1.165) is 17.5 Å². The fourth-order valence-electron chi connectivity index (χ4n) is 3.05. The lowest BCUT2D eigenvalue weighted by Gasteiger charge is -2.20. The summed E-state index contributed by atoms with van der Waals surface area (Å²) in [6, 6.07) is 14.8. The molecule has 0 radical (unpaired) electrons. The van der Waals surface area contributed by atoms with Gasteiger partial charge in [-0.15, -0.1) is 15.3 Å². The topological polar surface area (TPSA) is 89.9 Å². The van der Waals surface area contributed by atoms with Crippen LogP contribution in [0.1, 0.15) is 19.2 Å². The monoisotopic (exact) mass is 410 g/mol. The molecule has 0 saturated heterocycles. The molecule has 0 bridgehead atoms. The zero-order valence-electron chi connectivity index (χ0n) is 15.8. The number of fused-ring (bicyclic) bond motifs is 1. The second-order valence-corrected chi connectivity index (χ2v) is 6.94. The maximum atomic E-state index is 12.9. The van der Waals surface area contributed by atoms with Gasteiger partial charge in [0.1, 0.15) is 12.1 Å². The van der Waals surface area contributed by atoms with Crippen molar-refractivity contribution in [2.75, 3.05) is 6.54 Å². The Bertz CT molecular complexity index is 1140. The largest absolute Gasteiger partial charge is 0.419 e. The summed E-state index contributed by atoms with van der Waals surface area (Å²) in [5, 5.41) is 16.9. The number of carbonyl (C=O) groups excluding carboxylic acids is 1. The fourth-order valence-corrected chi connectivity index (χ4v) is 3.26. The molecule has 0 aliphatic heterocycles. The number of para-hydroxylation sites is 1. The van der Waals surface area contributed by atoms with Crippen LogP contribution in [-0.4, -0.2) is 42.5 Å². The quantitative estimate of drug-likeness (QED) is 0.462. The molecule has 4 aromatic rings. The van der Waals surface area contributed by atoms with Gasteiger partial charge in [0.15, 0.2) is 0 Å². The van der Waals surface area contributed by atoms with Gasteiger partial charge in [0.25, 0.3) is 0 Å². The number of nitrogens with zero attached hydrogens (tertiary/aromatic N) is 6. The maximum Gasteiger partial charge on any atom is 0.249 e. The molecule has 1 amide bonds. The lowest BCUT2D eigenvalue weighted by atomic mass is 10.2. The standard InChI is InChI=1S/C20H19ClN6O2/c1-2-11-26(19(28)13-27-17-10-6-5-9-16(17)22-25-27)12-18-23-24-20(29-18)14-7-3-4-8-15(14)21/h3-10H,2,11-13H2,1H3. The number of carbonyl (C=O) groups is 1. The van der Waals surface area contributed by atoms with Gasteiger partial charge in [-0.1, -0.05) is 48.0 Å². The van der Waals surface area contributed by atoms with Gasteiger partial charge in [-0.3, -0.25) is 4.79 Å². The van der Waals surface area contributed by atoms with Crippen molar-refractivity contribution in [3.63, 3.8) is 0 Å². The van der Waals surface area contributed by atoms with E-state index in [1.165, 1.54) is 0 Å². The molecular formula is C20H19ClN6O2. The van der Waals surface area contributed by atoms with Crippen LogP contribution in [0.4, 0.5) is 0 Å². The predicted octanol–water partition coefficient (Wildman–Crippen LogP) is 3.57. The first-order valence-corrected chi connectivity index (χ1v) is 9.66. The van der Waals surface area contributed by atoms with E-state index >= 15 is 0 Å². The van der Waals surface area contributed by atoms with E-state index in [-0.39, 0.29) is 19.0 Å². The molecule has 0 unspecified atom stereocenters. The van der Waals surface area contributed by atoms with Crippen molar-refractivity contribution in [2.45, 2.75) is 26.4 Å². The van der Waals surface area contributed by atoms with E-state index < -0.39 is 0 Å². The lowest BCUT2D eigenvalue weighted by molar-refractivity contribution is -0.133. The lowest BCUT2D eigenvalue weighted by Crippen LogP contribution is -2.34. The second-order valence-electron chi connectivity index (χ2n) is 6.53. The van der Waals surface area contributed by atoms with Crippen LogP contribution in [0.15, 0.2) is 52.9 Å². The van der Waals surface area contributed by atoms with Crippen LogP contribution in [0.2, 0.25) is 5.02 Å². The van der Waals surface area contributed by atoms with Gasteiger partial charge in [0, 0.05) is 6.54 Å². The summed E-state index contributed by atoms with van der Waals surface area (Å²) >= 11 is 6.19. The summed E-state index contributed by atoms with van der Waals surface area (Å²) in [7, 11) is 0. The van der Waals surface area contributed by atoms with E-state index in [1.807, 2.05) is 49.4 Å². The molecular weight excluding hydrogens is 392 g/mol. The van der Waals surface area contributed by atoms with Crippen LogP contribution >= 0.6 is 11.6 Å². The van der Waals surface area contributed by atoms with Crippen molar-refractivity contribution in [1.82, 2.24) is 30.1 Å². The average Bonchev–Trinajstić information content (AvgIpc) is 3.35. The Morgan fingerprint density at radius 2 is 1.90 bits per heavy atom. The Hall–Kier alpha value is -3.26. The molecule has 0 aliphatic rings. The zero-order valence-corrected chi connectivity index (χ0v) is 16.6. The predicted molar refractivity (Wildman–Crippen MR) is 108 cm³/mol. The fraction of sp³-hybridized carbons (Fsp3) is 0.250. The van der Waals surface area contributed by atoms with E-state index in [2.05, 4.69) is 20.5 Å². The van der Waals surface area contributed by atoms with E-state index in [0.29, 0.717) is 28.9 Å². The van der Waals surface area contributed by atoms with Crippen LogP contribution < -0.4 is 0 Å². The van der Waals surface area contributed by atoms with Gasteiger partial charge in [-0.25, -0.2) is 4.68 Å². The molecule has 148 valence electrons. The minimum atomic E-state index is -0.0972. The molecule has 2 heterocycles. The average molecular weight is 411 g/mol. The smallest absolute Gasteiger partial charge is 0.249 e. The number of aromatic nitrogens is 5. The first kappa shape index (κ1) is 19.1. The molecule has 29 heavy (non-hydrogen) atoms. The van der Waals surface area contributed by atoms with Gasteiger partial charge in [-0.2, -0.15) is 0 Å². The van der Waals surface area contributed by atoms with Gasteiger partial charge >= 0.3 is 0 Å². The highest BCUT2D eigenvalue weighted by Gasteiger charge is 2.19. The van der Waals surface area contributed by atoms with Crippen molar-refractivity contribution in [3.05, 3.63) is 59.4 Å². The van der Waals surface area contributed by atoms with Crippen LogP contribution in [0.25, 0.3) is 22.5 Å². The molecule has 0 atom stereocenters. The Balaban J connectivity index is 1.51. The third kappa shape index (κ3) is 4.12. The Morgan fingerprint density at radius 3 is 2.72 bits per heavy atom. The van der Waals surface area contributed by atoms with Crippen LogP contribution in [0.3, 0.4) is 0 Å². The molecule has 9 heteroatoms. The highest BCUT2D eigenvalue weighted by Crippen LogP contribution is 2.26. The molecule has 0 spiro atoms. The molecule has 0 N–H and O–H groups in total. The summed E-state index contributed by atoms with van der Waals surface area (Å²) in [5.74, 6) is 0.585. The van der Waals surface area contributed by atoms with Crippen molar-refractivity contribution >= 4 is 28.5 Å². The van der Waals surface area contributed by atoms with Crippen LogP contribution in [-0.2, 0) is 17.9 Å². The highest BCUT2D eigenvalue weighted by atomic mass is 35.5. The number of hydrogen-bond acceptors (Lipinski definition) is 6. The van der Waals surface area contributed by atoms with Gasteiger partial charge in [0.05, 0.1) is 22.6 Å². The summed E-state index contributed by atoms with van der Waals surface area (Å²) in [6.07, 6.45) is 0.801. The Kier molecular flexibility index (Phi) is 5.53. The molecule has 0 aliphatic carbocycles. The number of benzene rings is 2. The third-order valence-electron chi connectivity index (χ3n) is 4.45. The summed E-state index contributed by atoms with van der Waals surface area (Å²) < 4.78 is 7.35. The van der Waals surface area contributed by atoms with Crippen molar-refractivity contribution in [1.29, 1.82) is 0 Å². The van der Waals surface area contributed by atoms with E-state index in [9.17, 15) is 4.79 Å². The highest BCUT2D eigenvalue weighted by molar-refractivity contribution is 6.33. The number of amides is 1. The van der Waals surface area contributed by atoms with Crippen molar-refractivity contribution in [2.24, 2.45) is 0 Å². The number of rotatable bonds is 7. The third-order valence-corrected chi connectivity index (χ3v) is 4.78. The molecule has 4 rings (SSSR count). The van der Waals surface area contributed by atoms with Crippen molar-refractivity contribution in [3.8, 4) is 11.5 Å². The van der Waals surface area contributed by atoms with Gasteiger partial charge < -0.3 is 9.32 Å². The Morgan fingerprint density at radius 1 is 1.10 bits per heavy atom. The molecule has 0 saturated carbocycles. The zero-order chi connectivity index (χ0) is 20.2. The first-order chi connectivity index (χ1) is 14.2. The first-order valence-electron chi connectivity index (χ1n) is 9.29. The summed E-state index contributed by atoms with van der Waals surface area (Å²) in [5.41, 5.74) is 2.23. The van der Waals surface area contributed by atoms with Crippen LogP contribution in [0, 0.1) is 0 Å². The van der Waals surface area contributed by atoms with Crippen LogP contribution in [0.5, 0.6) is 0 Å². The van der Waals surface area contributed by atoms with Crippen molar-refractivity contribution < 1.29 is 9.21 Å².